The molecule has 23 heavy (non-hydrogen) atoms. The largest absolute Gasteiger partial charge is 0.497 e. The lowest BCUT2D eigenvalue weighted by Gasteiger charge is -2.27. The maximum Gasteiger partial charge on any atom is 0.352 e. The van der Waals surface area contributed by atoms with Crippen molar-refractivity contribution in [3.05, 3.63) is 29.5 Å². The number of nitrogens with one attached hydrogen (secondary N) is 2. The van der Waals surface area contributed by atoms with E-state index in [0.717, 1.165) is 28.1 Å². The standard InChI is InChI=1S/C18H24N2O3/c1-11-3-5-12(6-4-11)19-10-15-14-8-7-13(23-2)9-16(14)20-17(15)18(21)22/h7-9,11-12,19-20H,3-6,10H2,1-2H3,(H,21,22). The van der Waals surface area contributed by atoms with Gasteiger partial charge in [-0.05, 0) is 43.7 Å². The minimum atomic E-state index is -0.922. The number of rotatable bonds is 5. The van der Waals surface area contributed by atoms with E-state index >= 15 is 0 Å². The maximum absolute atomic E-state index is 11.5. The van der Waals surface area contributed by atoms with Crippen molar-refractivity contribution >= 4 is 16.9 Å². The van der Waals surface area contributed by atoms with Crippen molar-refractivity contribution < 1.29 is 14.6 Å². The summed E-state index contributed by atoms with van der Waals surface area (Å²) in [5, 5.41) is 14.0. The Morgan fingerprint density at radius 1 is 1.35 bits per heavy atom. The lowest BCUT2D eigenvalue weighted by molar-refractivity contribution is 0.0690. The third-order valence-electron chi connectivity index (χ3n) is 4.91. The molecular weight excluding hydrogens is 292 g/mol. The summed E-state index contributed by atoms with van der Waals surface area (Å²) in [5.74, 6) is 0.605. The van der Waals surface area contributed by atoms with Crippen molar-refractivity contribution in [2.24, 2.45) is 5.92 Å². The van der Waals surface area contributed by atoms with Crippen molar-refractivity contribution in [2.75, 3.05) is 7.11 Å². The molecule has 5 nitrogen and oxygen atoms in total. The molecule has 1 fully saturated rings. The number of ether oxygens (including phenoxy) is 1. The summed E-state index contributed by atoms with van der Waals surface area (Å²) < 4.78 is 5.21. The van der Waals surface area contributed by atoms with Crippen LogP contribution in [0.3, 0.4) is 0 Å². The minimum absolute atomic E-state index is 0.268. The number of aromatic carboxylic acids is 1. The predicted molar refractivity (Wildman–Crippen MR) is 90.1 cm³/mol. The van der Waals surface area contributed by atoms with Gasteiger partial charge in [0.1, 0.15) is 11.4 Å². The van der Waals surface area contributed by atoms with E-state index < -0.39 is 5.97 Å². The highest BCUT2D eigenvalue weighted by molar-refractivity contribution is 5.97. The summed E-state index contributed by atoms with van der Waals surface area (Å²) in [6, 6.07) is 6.12. The Morgan fingerprint density at radius 2 is 2.09 bits per heavy atom. The van der Waals surface area contributed by atoms with Gasteiger partial charge in [0.15, 0.2) is 0 Å². The number of methoxy groups -OCH3 is 1. The van der Waals surface area contributed by atoms with E-state index in [4.69, 9.17) is 4.74 Å². The zero-order valence-electron chi connectivity index (χ0n) is 13.7. The monoisotopic (exact) mass is 316 g/mol. The number of fused-ring (bicyclic) bond motifs is 1. The number of H-pyrrole nitrogens is 1. The average Bonchev–Trinajstić information content (AvgIpc) is 2.92. The summed E-state index contributed by atoms with van der Waals surface area (Å²) in [6.07, 6.45) is 4.82. The number of carbonyl (C=O) groups is 1. The van der Waals surface area contributed by atoms with Gasteiger partial charge in [0, 0.05) is 29.6 Å². The second kappa shape index (κ2) is 6.62. The van der Waals surface area contributed by atoms with E-state index in [1.54, 1.807) is 7.11 Å². The third kappa shape index (κ3) is 3.34. The Hall–Kier alpha value is -2.01. The van der Waals surface area contributed by atoms with Gasteiger partial charge in [-0.25, -0.2) is 4.79 Å². The Kier molecular flexibility index (Phi) is 4.57. The summed E-state index contributed by atoms with van der Waals surface area (Å²) >= 11 is 0. The van der Waals surface area contributed by atoms with Crippen molar-refractivity contribution in [3.63, 3.8) is 0 Å². The maximum atomic E-state index is 11.5. The van der Waals surface area contributed by atoms with Gasteiger partial charge in [-0.1, -0.05) is 6.92 Å². The van der Waals surface area contributed by atoms with Crippen molar-refractivity contribution in [1.82, 2.24) is 10.3 Å². The number of carboxylic acid groups (broad SMARTS) is 1. The van der Waals surface area contributed by atoms with Crippen LogP contribution in [-0.2, 0) is 6.54 Å². The molecule has 1 aromatic heterocycles. The second-order valence-electron chi connectivity index (χ2n) is 6.53. The Morgan fingerprint density at radius 3 is 2.74 bits per heavy atom. The van der Waals surface area contributed by atoms with E-state index in [2.05, 4.69) is 17.2 Å². The van der Waals surface area contributed by atoms with E-state index in [1.807, 2.05) is 18.2 Å². The van der Waals surface area contributed by atoms with Crippen molar-refractivity contribution in [3.8, 4) is 5.75 Å². The number of hydrogen-bond acceptors (Lipinski definition) is 3. The molecule has 1 aliphatic carbocycles. The number of hydrogen-bond donors (Lipinski definition) is 3. The molecule has 124 valence electrons. The first-order valence-corrected chi connectivity index (χ1v) is 8.23. The first kappa shape index (κ1) is 15.9. The lowest BCUT2D eigenvalue weighted by atomic mass is 9.87. The van der Waals surface area contributed by atoms with Crippen molar-refractivity contribution in [2.45, 2.75) is 45.2 Å². The summed E-state index contributed by atoms with van der Waals surface area (Å²) in [5.41, 5.74) is 1.90. The highest BCUT2D eigenvalue weighted by Crippen LogP contribution is 2.28. The van der Waals surface area contributed by atoms with Crippen LogP contribution in [0.2, 0.25) is 0 Å². The van der Waals surface area contributed by atoms with Gasteiger partial charge >= 0.3 is 5.97 Å². The zero-order valence-corrected chi connectivity index (χ0v) is 13.7. The molecule has 3 rings (SSSR count). The summed E-state index contributed by atoms with van der Waals surface area (Å²) in [7, 11) is 1.61. The average molecular weight is 316 g/mol. The molecular formula is C18H24N2O3. The van der Waals surface area contributed by atoms with Gasteiger partial charge in [-0.15, -0.1) is 0 Å². The molecule has 1 aliphatic rings. The Labute approximate surface area is 136 Å². The molecule has 0 bridgehead atoms. The normalized spacial score (nSPS) is 21.5. The van der Waals surface area contributed by atoms with Crippen LogP contribution < -0.4 is 10.1 Å². The van der Waals surface area contributed by atoms with Crippen LogP contribution in [0.25, 0.3) is 10.9 Å². The smallest absolute Gasteiger partial charge is 0.352 e. The van der Waals surface area contributed by atoms with Crippen LogP contribution in [0.15, 0.2) is 18.2 Å². The fraction of sp³-hybridized carbons (Fsp3) is 0.500. The topological polar surface area (TPSA) is 74.3 Å². The molecule has 0 amide bonds. The van der Waals surface area contributed by atoms with Gasteiger partial charge in [-0.2, -0.15) is 0 Å². The van der Waals surface area contributed by atoms with Gasteiger partial charge < -0.3 is 20.1 Å². The molecule has 1 aromatic carbocycles. The molecule has 0 atom stereocenters. The van der Waals surface area contributed by atoms with Crippen LogP contribution >= 0.6 is 0 Å². The molecule has 1 saturated carbocycles. The molecule has 0 radical (unpaired) electrons. The number of aromatic nitrogens is 1. The van der Waals surface area contributed by atoms with Gasteiger partial charge in [0.05, 0.1) is 12.6 Å². The molecule has 2 aromatic rings. The van der Waals surface area contributed by atoms with Crippen LogP contribution in [0.1, 0.15) is 48.7 Å². The second-order valence-corrected chi connectivity index (χ2v) is 6.53. The van der Waals surface area contributed by atoms with E-state index in [0.29, 0.717) is 12.6 Å². The van der Waals surface area contributed by atoms with Crippen molar-refractivity contribution in [1.29, 1.82) is 0 Å². The van der Waals surface area contributed by atoms with E-state index in [1.165, 1.54) is 25.7 Å². The van der Waals surface area contributed by atoms with Crippen LogP contribution in [0, 0.1) is 5.92 Å². The number of carboxylic acids is 1. The molecule has 0 unspecified atom stereocenters. The first-order chi connectivity index (χ1) is 11.1. The molecule has 0 spiro atoms. The highest BCUT2D eigenvalue weighted by atomic mass is 16.5. The quantitative estimate of drug-likeness (QED) is 0.788. The number of benzene rings is 1. The SMILES string of the molecule is COc1ccc2c(CNC3CCC(C)CC3)c(C(=O)O)[nH]c2c1. The van der Waals surface area contributed by atoms with Crippen LogP contribution in [0.4, 0.5) is 0 Å². The predicted octanol–water partition coefficient (Wildman–Crippen LogP) is 3.54. The summed E-state index contributed by atoms with van der Waals surface area (Å²) in [4.78, 5) is 14.6. The highest BCUT2D eigenvalue weighted by Gasteiger charge is 2.21. The third-order valence-corrected chi connectivity index (χ3v) is 4.91. The Balaban J connectivity index is 1.83. The summed E-state index contributed by atoms with van der Waals surface area (Å²) in [6.45, 7) is 2.87. The molecule has 0 saturated heterocycles. The van der Waals surface area contributed by atoms with Gasteiger partial charge in [0.25, 0.3) is 0 Å². The Bertz CT molecular complexity index is 700. The van der Waals surface area contributed by atoms with Gasteiger partial charge in [0.2, 0.25) is 0 Å². The fourth-order valence-electron chi connectivity index (χ4n) is 3.44. The molecule has 3 N–H and O–H groups in total. The minimum Gasteiger partial charge on any atom is -0.497 e. The lowest BCUT2D eigenvalue weighted by Crippen LogP contribution is -2.32. The first-order valence-electron chi connectivity index (χ1n) is 8.23. The molecule has 1 heterocycles. The van der Waals surface area contributed by atoms with E-state index in [9.17, 15) is 9.90 Å². The molecule has 5 heteroatoms. The van der Waals surface area contributed by atoms with E-state index in [-0.39, 0.29) is 5.69 Å². The van der Waals surface area contributed by atoms with Crippen LogP contribution in [-0.4, -0.2) is 29.2 Å². The number of aromatic amines is 1. The fourth-order valence-corrected chi connectivity index (χ4v) is 3.44. The molecule has 0 aliphatic heterocycles. The van der Waals surface area contributed by atoms with Gasteiger partial charge in [-0.3, -0.25) is 0 Å². The van der Waals surface area contributed by atoms with Crippen LogP contribution in [0.5, 0.6) is 5.75 Å². The zero-order chi connectivity index (χ0) is 16.4.